The van der Waals surface area contributed by atoms with Crippen LogP contribution in [0.1, 0.15) is 46.4 Å². The number of halogens is 3. The highest BCUT2D eigenvalue weighted by atomic mass is 32.1. The molecule has 0 bridgehead atoms. The quantitative estimate of drug-likeness (QED) is 0.709. The molecule has 1 N–H and O–H groups in total. The lowest BCUT2D eigenvalue weighted by Crippen LogP contribution is -2.13. The van der Waals surface area contributed by atoms with Gasteiger partial charge in [-0.05, 0) is 25.1 Å². The summed E-state index contributed by atoms with van der Waals surface area (Å²) in [7, 11) is 0. The van der Waals surface area contributed by atoms with Gasteiger partial charge in [0.15, 0.2) is 0 Å². The fraction of sp³-hybridized carbons (Fsp3) is 0.294. The smallest absolute Gasteiger partial charge is 0.296 e. The van der Waals surface area contributed by atoms with Crippen LogP contribution < -0.4 is 5.32 Å². The zero-order chi connectivity index (χ0) is 19.8. The third-order valence-electron chi connectivity index (χ3n) is 3.83. The molecule has 0 fully saturated rings. The van der Waals surface area contributed by atoms with Gasteiger partial charge in [0.1, 0.15) is 5.01 Å². The Morgan fingerprint density at radius 2 is 2.00 bits per heavy atom. The summed E-state index contributed by atoms with van der Waals surface area (Å²) in [5.41, 5.74) is 0.101. The molecule has 0 saturated heterocycles. The first kappa shape index (κ1) is 19.0. The number of rotatable bonds is 4. The number of nitrogens with one attached hydrogen (secondary N) is 1. The van der Waals surface area contributed by atoms with Gasteiger partial charge >= 0.3 is 6.18 Å². The highest BCUT2D eigenvalue weighted by Gasteiger charge is 2.30. The van der Waals surface area contributed by atoms with Crippen LogP contribution >= 0.6 is 11.3 Å². The van der Waals surface area contributed by atoms with Crippen molar-refractivity contribution in [3.8, 4) is 5.69 Å². The maximum Gasteiger partial charge on any atom is 0.416 e. The Morgan fingerprint density at radius 1 is 1.26 bits per heavy atom. The first-order valence-corrected chi connectivity index (χ1v) is 8.85. The zero-order valence-corrected chi connectivity index (χ0v) is 15.5. The van der Waals surface area contributed by atoms with E-state index in [-0.39, 0.29) is 17.2 Å². The van der Waals surface area contributed by atoms with Crippen molar-refractivity contribution in [1.29, 1.82) is 0 Å². The number of benzene rings is 1. The van der Waals surface area contributed by atoms with Gasteiger partial charge in [-0.2, -0.15) is 18.3 Å². The maximum absolute atomic E-state index is 12.9. The molecule has 3 aromatic rings. The predicted molar refractivity (Wildman–Crippen MR) is 95.3 cm³/mol. The van der Waals surface area contributed by atoms with Gasteiger partial charge in [-0.1, -0.05) is 31.3 Å². The van der Waals surface area contributed by atoms with Crippen molar-refractivity contribution in [2.45, 2.75) is 32.9 Å². The van der Waals surface area contributed by atoms with Gasteiger partial charge in [-0.25, -0.2) is 4.68 Å². The monoisotopic (exact) mass is 395 g/mol. The van der Waals surface area contributed by atoms with Crippen molar-refractivity contribution in [2.75, 3.05) is 5.32 Å². The minimum atomic E-state index is -4.46. The molecule has 142 valence electrons. The third-order valence-corrected chi connectivity index (χ3v) is 4.97. The van der Waals surface area contributed by atoms with Crippen LogP contribution in [0.15, 0.2) is 30.5 Å². The predicted octanol–water partition coefficient (Wildman–Crippen LogP) is 4.43. The molecular formula is C17H16F3N5OS. The number of anilines is 1. The Morgan fingerprint density at radius 3 is 2.63 bits per heavy atom. The standard InChI is InChI=1S/C17H16F3N5OS/c1-9(2)15-23-24-16(27-15)22-14(26)13-8-21-25(10(13)3)12-6-4-5-11(7-12)17(18,19)20/h4-9H,1-3H3,(H,22,24,26). The van der Waals surface area contributed by atoms with Crippen LogP contribution in [-0.2, 0) is 6.18 Å². The van der Waals surface area contributed by atoms with Crippen LogP contribution in [0.5, 0.6) is 0 Å². The number of carbonyl (C=O) groups is 1. The minimum absolute atomic E-state index is 0.193. The number of nitrogens with zero attached hydrogens (tertiary/aromatic N) is 4. The Bertz CT molecular complexity index is 977. The second-order valence-corrected chi connectivity index (χ2v) is 7.17. The largest absolute Gasteiger partial charge is 0.416 e. The number of aromatic nitrogens is 4. The molecule has 1 amide bonds. The molecule has 0 atom stereocenters. The molecule has 2 heterocycles. The Hall–Kier alpha value is -2.75. The number of amides is 1. The number of alkyl halides is 3. The molecule has 0 aliphatic carbocycles. The molecule has 27 heavy (non-hydrogen) atoms. The Kier molecular flexibility index (Phi) is 5.01. The average molecular weight is 395 g/mol. The number of hydrogen-bond donors (Lipinski definition) is 1. The van der Waals surface area contributed by atoms with Gasteiger partial charge in [-0.3, -0.25) is 10.1 Å². The topological polar surface area (TPSA) is 72.7 Å². The van der Waals surface area contributed by atoms with Gasteiger partial charge in [0, 0.05) is 5.92 Å². The summed E-state index contributed by atoms with van der Waals surface area (Å²) in [5, 5.41) is 15.8. The van der Waals surface area contributed by atoms with Crippen LogP contribution in [0.2, 0.25) is 0 Å². The van der Waals surface area contributed by atoms with E-state index in [0.29, 0.717) is 10.8 Å². The van der Waals surface area contributed by atoms with Crippen LogP contribution in [0, 0.1) is 6.92 Å². The van der Waals surface area contributed by atoms with E-state index in [1.165, 1.54) is 34.3 Å². The Labute approximate surface area is 157 Å². The SMILES string of the molecule is Cc1c(C(=O)Nc2nnc(C(C)C)s2)cnn1-c1cccc(C(F)(F)F)c1. The van der Waals surface area contributed by atoms with Crippen molar-refractivity contribution >= 4 is 22.4 Å². The third kappa shape index (κ3) is 4.00. The van der Waals surface area contributed by atoms with Crippen molar-refractivity contribution in [3.05, 3.63) is 52.3 Å². The minimum Gasteiger partial charge on any atom is -0.296 e. The van der Waals surface area contributed by atoms with Gasteiger partial charge in [0.05, 0.1) is 28.7 Å². The van der Waals surface area contributed by atoms with Crippen LogP contribution in [0.4, 0.5) is 18.3 Å². The number of carbonyl (C=O) groups excluding carboxylic acids is 1. The Balaban J connectivity index is 1.85. The lowest BCUT2D eigenvalue weighted by atomic mass is 10.2. The summed E-state index contributed by atoms with van der Waals surface area (Å²) in [6, 6.07) is 4.77. The lowest BCUT2D eigenvalue weighted by molar-refractivity contribution is -0.137. The van der Waals surface area contributed by atoms with Crippen molar-refractivity contribution in [2.24, 2.45) is 0 Å². The van der Waals surface area contributed by atoms with E-state index in [1.807, 2.05) is 13.8 Å². The molecule has 0 saturated carbocycles. The van der Waals surface area contributed by atoms with E-state index >= 15 is 0 Å². The fourth-order valence-corrected chi connectivity index (χ4v) is 3.13. The van der Waals surface area contributed by atoms with Crippen molar-refractivity contribution in [1.82, 2.24) is 20.0 Å². The summed E-state index contributed by atoms with van der Waals surface area (Å²) in [4.78, 5) is 12.5. The molecule has 0 aliphatic heterocycles. The maximum atomic E-state index is 12.9. The zero-order valence-electron chi connectivity index (χ0n) is 14.7. The highest BCUT2D eigenvalue weighted by molar-refractivity contribution is 7.15. The molecule has 1 aromatic carbocycles. The van der Waals surface area contributed by atoms with Gasteiger partial charge in [0.25, 0.3) is 5.91 Å². The van der Waals surface area contributed by atoms with E-state index < -0.39 is 17.6 Å². The molecule has 10 heteroatoms. The fourth-order valence-electron chi connectivity index (χ4n) is 2.39. The second kappa shape index (κ2) is 7.10. The molecule has 3 rings (SSSR count). The summed E-state index contributed by atoms with van der Waals surface area (Å²) >= 11 is 1.27. The summed E-state index contributed by atoms with van der Waals surface area (Å²) in [5.74, 6) is -0.254. The molecule has 0 aliphatic rings. The normalized spacial score (nSPS) is 11.8. The van der Waals surface area contributed by atoms with Crippen LogP contribution in [0.25, 0.3) is 5.69 Å². The average Bonchev–Trinajstić information content (AvgIpc) is 3.21. The molecule has 0 unspecified atom stereocenters. The van der Waals surface area contributed by atoms with Crippen LogP contribution in [-0.4, -0.2) is 25.9 Å². The van der Waals surface area contributed by atoms with E-state index in [9.17, 15) is 18.0 Å². The second-order valence-electron chi connectivity index (χ2n) is 6.16. The van der Waals surface area contributed by atoms with Crippen LogP contribution in [0.3, 0.4) is 0 Å². The van der Waals surface area contributed by atoms with E-state index in [2.05, 4.69) is 20.6 Å². The van der Waals surface area contributed by atoms with E-state index in [4.69, 9.17) is 0 Å². The highest BCUT2D eigenvalue weighted by Crippen LogP contribution is 2.30. The van der Waals surface area contributed by atoms with E-state index in [1.54, 1.807) is 6.92 Å². The lowest BCUT2D eigenvalue weighted by Gasteiger charge is -2.10. The van der Waals surface area contributed by atoms with Crippen molar-refractivity contribution < 1.29 is 18.0 Å². The first-order chi connectivity index (χ1) is 12.7. The molecule has 0 radical (unpaired) electrons. The summed E-state index contributed by atoms with van der Waals surface area (Å²) < 4.78 is 40.0. The summed E-state index contributed by atoms with van der Waals surface area (Å²) in [6.45, 7) is 5.55. The first-order valence-electron chi connectivity index (χ1n) is 8.04. The van der Waals surface area contributed by atoms with Gasteiger partial charge in [0.2, 0.25) is 5.13 Å². The molecule has 0 spiro atoms. The molecular weight excluding hydrogens is 379 g/mol. The molecule has 6 nitrogen and oxygen atoms in total. The van der Waals surface area contributed by atoms with E-state index in [0.717, 1.165) is 17.1 Å². The summed E-state index contributed by atoms with van der Waals surface area (Å²) in [6.07, 6.45) is -3.14. The number of hydrogen-bond acceptors (Lipinski definition) is 5. The molecule has 2 aromatic heterocycles. The van der Waals surface area contributed by atoms with Gasteiger partial charge in [-0.15, -0.1) is 10.2 Å². The van der Waals surface area contributed by atoms with Gasteiger partial charge < -0.3 is 0 Å². The van der Waals surface area contributed by atoms with Crippen molar-refractivity contribution in [3.63, 3.8) is 0 Å².